The Morgan fingerprint density at radius 2 is 2.10 bits per heavy atom. The molecule has 0 saturated heterocycles. The Labute approximate surface area is 111 Å². The van der Waals surface area contributed by atoms with Crippen LogP contribution in [0.5, 0.6) is 0 Å². The second-order valence-corrected chi connectivity index (χ2v) is 3.74. The smallest absolute Gasteiger partial charge is 0.406 e. The maximum absolute atomic E-state index is 12.2. The topological polar surface area (TPSA) is 95.4 Å². The van der Waals surface area contributed by atoms with Crippen molar-refractivity contribution >= 4 is 12.0 Å². The molecule has 2 amide bonds. The number of halogens is 3. The molecule has 0 unspecified atom stereocenters. The van der Waals surface area contributed by atoms with E-state index < -0.39 is 31.3 Å². The van der Waals surface area contributed by atoms with E-state index in [0.717, 1.165) is 0 Å². The van der Waals surface area contributed by atoms with Gasteiger partial charge in [-0.3, -0.25) is 4.79 Å². The number of carboxylic acids is 1. The van der Waals surface area contributed by atoms with Crippen molar-refractivity contribution in [2.24, 2.45) is 0 Å². The van der Waals surface area contributed by atoms with E-state index >= 15 is 0 Å². The van der Waals surface area contributed by atoms with Gasteiger partial charge in [-0.1, -0.05) is 0 Å². The highest BCUT2D eigenvalue weighted by atomic mass is 19.4. The summed E-state index contributed by atoms with van der Waals surface area (Å²) in [6.07, 6.45) is -3.29. The molecule has 0 aliphatic heterocycles. The van der Waals surface area contributed by atoms with Crippen LogP contribution in [-0.2, 0) is 11.3 Å². The minimum atomic E-state index is -4.68. The molecular formula is C10H11F3N4O3. The molecule has 0 spiro atoms. The quantitative estimate of drug-likeness (QED) is 0.830. The lowest BCUT2D eigenvalue weighted by Crippen LogP contribution is -2.46. The van der Waals surface area contributed by atoms with Crippen LogP contribution >= 0.6 is 0 Å². The van der Waals surface area contributed by atoms with E-state index in [1.54, 1.807) is 6.07 Å². The van der Waals surface area contributed by atoms with Crippen molar-refractivity contribution in [3.63, 3.8) is 0 Å². The molecule has 0 aromatic carbocycles. The lowest BCUT2D eigenvalue weighted by Gasteiger charge is -2.22. The molecule has 0 aliphatic rings. The summed E-state index contributed by atoms with van der Waals surface area (Å²) in [6, 6.07) is 1.91. The number of carboxylic acid groups (broad SMARTS) is 1. The molecule has 1 aromatic heterocycles. The van der Waals surface area contributed by atoms with E-state index in [1.165, 1.54) is 12.3 Å². The van der Waals surface area contributed by atoms with Crippen molar-refractivity contribution < 1.29 is 27.9 Å². The number of alkyl halides is 3. The van der Waals surface area contributed by atoms with Crippen molar-refractivity contribution in [1.82, 2.24) is 20.4 Å². The third-order valence-corrected chi connectivity index (χ3v) is 2.03. The minimum absolute atomic E-state index is 0.151. The Kier molecular flexibility index (Phi) is 5.23. The number of amides is 2. The number of carbonyl (C=O) groups excluding carboxylic acids is 1. The molecule has 2 N–H and O–H groups in total. The molecule has 1 aromatic rings. The summed E-state index contributed by atoms with van der Waals surface area (Å²) in [5.74, 6) is -1.54. The molecule has 0 bridgehead atoms. The van der Waals surface area contributed by atoms with Gasteiger partial charge in [-0.2, -0.15) is 23.4 Å². The SMILES string of the molecule is O=C(O)CN(CC(F)(F)F)C(=O)NCc1cccnn1. The van der Waals surface area contributed by atoms with E-state index in [-0.39, 0.29) is 11.4 Å². The van der Waals surface area contributed by atoms with Crippen LogP contribution in [0, 0.1) is 0 Å². The summed E-state index contributed by atoms with van der Waals surface area (Å²) in [5, 5.41) is 17.8. The normalized spacial score (nSPS) is 10.9. The molecule has 20 heavy (non-hydrogen) atoms. The molecule has 0 saturated carbocycles. The van der Waals surface area contributed by atoms with Gasteiger partial charge < -0.3 is 15.3 Å². The average molecular weight is 292 g/mol. The van der Waals surface area contributed by atoms with Gasteiger partial charge in [-0.15, -0.1) is 0 Å². The largest absolute Gasteiger partial charge is 0.480 e. The number of hydrogen-bond donors (Lipinski definition) is 2. The van der Waals surface area contributed by atoms with Crippen molar-refractivity contribution in [3.8, 4) is 0 Å². The number of nitrogens with zero attached hydrogens (tertiary/aromatic N) is 3. The molecular weight excluding hydrogens is 281 g/mol. The molecule has 1 heterocycles. The maximum Gasteiger partial charge on any atom is 0.406 e. The van der Waals surface area contributed by atoms with E-state index in [0.29, 0.717) is 5.69 Å². The number of nitrogens with one attached hydrogen (secondary N) is 1. The van der Waals surface area contributed by atoms with Crippen molar-refractivity contribution in [3.05, 3.63) is 24.0 Å². The second kappa shape index (κ2) is 6.68. The molecule has 10 heteroatoms. The van der Waals surface area contributed by atoms with E-state index in [4.69, 9.17) is 5.11 Å². The molecule has 7 nitrogen and oxygen atoms in total. The number of carbonyl (C=O) groups is 2. The van der Waals surface area contributed by atoms with Gasteiger partial charge in [0, 0.05) is 6.20 Å². The van der Waals surface area contributed by atoms with Crippen molar-refractivity contribution in [2.45, 2.75) is 12.7 Å². The van der Waals surface area contributed by atoms with Gasteiger partial charge in [-0.25, -0.2) is 4.79 Å². The van der Waals surface area contributed by atoms with Gasteiger partial charge in [0.2, 0.25) is 0 Å². The average Bonchev–Trinajstić information content (AvgIpc) is 2.34. The maximum atomic E-state index is 12.2. The molecule has 110 valence electrons. The van der Waals surface area contributed by atoms with Gasteiger partial charge in [0.25, 0.3) is 0 Å². The predicted molar refractivity (Wildman–Crippen MR) is 59.5 cm³/mol. The van der Waals surface area contributed by atoms with E-state index in [1.807, 2.05) is 0 Å². The Bertz CT molecular complexity index is 467. The fraction of sp³-hybridized carbons (Fsp3) is 0.400. The van der Waals surface area contributed by atoms with Crippen molar-refractivity contribution in [2.75, 3.05) is 13.1 Å². The standard InChI is InChI=1S/C10H11F3N4O3/c11-10(12,13)6-17(5-8(18)19)9(20)14-4-7-2-1-3-15-16-7/h1-3H,4-6H2,(H,14,20)(H,18,19). The predicted octanol–water partition coefficient (Wildman–Crippen LogP) is 0.635. The van der Waals surface area contributed by atoms with Gasteiger partial charge >= 0.3 is 18.2 Å². The van der Waals surface area contributed by atoms with Gasteiger partial charge in [-0.05, 0) is 12.1 Å². The van der Waals surface area contributed by atoms with Crippen LogP contribution in [0.1, 0.15) is 5.69 Å². The van der Waals surface area contributed by atoms with E-state index in [9.17, 15) is 22.8 Å². The zero-order valence-corrected chi connectivity index (χ0v) is 10.1. The zero-order valence-electron chi connectivity index (χ0n) is 10.1. The highest BCUT2D eigenvalue weighted by molar-refractivity contribution is 5.80. The molecule has 1 rings (SSSR count). The van der Waals surface area contributed by atoms with Crippen LogP contribution in [0.2, 0.25) is 0 Å². The Morgan fingerprint density at radius 1 is 1.40 bits per heavy atom. The van der Waals surface area contributed by atoms with Crippen LogP contribution in [0.3, 0.4) is 0 Å². The van der Waals surface area contributed by atoms with Crippen LogP contribution in [0.4, 0.5) is 18.0 Å². The third kappa shape index (κ3) is 5.98. The van der Waals surface area contributed by atoms with Crippen molar-refractivity contribution in [1.29, 1.82) is 0 Å². The van der Waals surface area contributed by atoms with Crippen LogP contribution in [-0.4, -0.2) is 51.5 Å². The van der Waals surface area contributed by atoms with Crippen LogP contribution in [0.15, 0.2) is 18.3 Å². The summed E-state index contributed by atoms with van der Waals surface area (Å²) >= 11 is 0. The first-order valence-electron chi connectivity index (χ1n) is 5.36. The molecule has 0 atom stereocenters. The van der Waals surface area contributed by atoms with Crippen LogP contribution < -0.4 is 5.32 Å². The van der Waals surface area contributed by atoms with Gasteiger partial charge in [0.1, 0.15) is 13.1 Å². The summed E-state index contributed by atoms with van der Waals surface area (Å²) in [7, 11) is 0. The zero-order chi connectivity index (χ0) is 15.2. The molecule has 0 fully saturated rings. The number of urea groups is 1. The number of aliphatic carboxylic acids is 1. The highest BCUT2D eigenvalue weighted by Crippen LogP contribution is 2.16. The Morgan fingerprint density at radius 3 is 2.60 bits per heavy atom. The van der Waals surface area contributed by atoms with Crippen LogP contribution in [0.25, 0.3) is 0 Å². The van der Waals surface area contributed by atoms with E-state index in [2.05, 4.69) is 15.5 Å². The minimum Gasteiger partial charge on any atom is -0.480 e. The van der Waals surface area contributed by atoms with Gasteiger partial charge in [0.15, 0.2) is 0 Å². The highest BCUT2D eigenvalue weighted by Gasteiger charge is 2.33. The number of aromatic nitrogens is 2. The fourth-order valence-electron chi connectivity index (χ4n) is 1.28. The monoisotopic (exact) mass is 292 g/mol. The Balaban J connectivity index is 2.61. The first-order valence-corrected chi connectivity index (χ1v) is 5.36. The summed E-state index contributed by atoms with van der Waals surface area (Å²) in [4.78, 5) is 22.1. The second-order valence-electron chi connectivity index (χ2n) is 3.74. The number of hydrogen-bond acceptors (Lipinski definition) is 4. The summed E-state index contributed by atoms with van der Waals surface area (Å²) in [6.45, 7) is -2.85. The third-order valence-electron chi connectivity index (χ3n) is 2.03. The first kappa shape index (κ1) is 15.7. The molecule has 0 aliphatic carbocycles. The van der Waals surface area contributed by atoms with Gasteiger partial charge in [0.05, 0.1) is 12.2 Å². The lowest BCUT2D eigenvalue weighted by molar-refractivity contribution is -0.148. The Hall–Kier alpha value is -2.39. The lowest BCUT2D eigenvalue weighted by atomic mass is 10.4. The summed E-state index contributed by atoms with van der Waals surface area (Å²) in [5.41, 5.74) is 0.336. The fourth-order valence-corrected chi connectivity index (χ4v) is 1.28. The number of rotatable bonds is 5. The molecule has 0 radical (unpaired) electrons. The first-order chi connectivity index (χ1) is 9.28. The summed E-state index contributed by atoms with van der Waals surface area (Å²) < 4.78 is 36.7.